The van der Waals surface area contributed by atoms with E-state index < -0.39 is 11.8 Å². The summed E-state index contributed by atoms with van der Waals surface area (Å²) in [5.41, 5.74) is 1.56. The molecule has 4 nitrogen and oxygen atoms in total. The zero-order chi connectivity index (χ0) is 15.4. The van der Waals surface area contributed by atoms with Crippen molar-refractivity contribution in [1.82, 2.24) is 4.57 Å². The van der Waals surface area contributed by atoms with Crippen LogP contribution in [0.15, 0.2) is 47.3 Å². The van der Waals surface area contributed by atoms with Crippen LogP contribution in [0.4, 0.5) is 4.39 Å². The molecule has 5 heteroatoms. The first kappa shape index (κ1) is 14.7. The Morgan fingerprint density at radius 3 is 2.76 bits per heavy atom. The number of rotatable bonds is 4. The lowest BCUT2D eigenvalue weighted by Gasteiger charge is -2.10. The number of carboxylic acids is 1. The fourth-order valence-corrected chi connectivity index (χ4v) is 1.99. The molecule has 0 aliphatic rings. The molecule has 0 spiro atoms. The second-order valence-corrected chi connectivity index (χ2v) is 4.62. The van der Waals surface area contributed by atoms with Crippen LogP contribution in [0.3, 0.4) is 0 Å². The number of nitrogens with zero attached hydrogens (tertiary/aromatic N) is 1. The summed E-state index contributed by atoms with van der Waals surface area (Å²) >= 11 is 0. The number of carbonyl (C=O) groups is 1. The Labute approximate surface area is 120 Å². The van der Waals surface area contributed by atoms with Crippen LogP contribution in [0.25, 0.3) is 6.08 Å². The minimum atomic E-state index is -1.14. The SMILES string of the molecule is Cc1cccc(=O)n1Cc1ccc(F)c(C=CC(=O)O)c1. The largest absolute Gasteiger partial charge is 0.478 e. The zero-order valence-corrected chi connectivity index (χ0v) is 11.4. The van der Waals surface area contributed by atoms with Crippen molar-refractivity contribution in [2.24, 2.45) is 0 Å². The number of aromatic nitrogens is 1. The summed E-state index contributed by atoms with van der Waals surface area (Å²) in [6.07, 6.45) is 2.07. The van der Waals surface area contributed by atoms with Crippen molar-refractivity contribution < 1.29 is 14.3 Å². The molecule has 1 N–H and O–H groups in total. The fraction of sp³-hybridized carbons (Fsp3) is 0.125. The molecule has 21 heavy (non-hydrogen) atoms. The second kappa shape index (κ2) is 6.17. The standard InChI is InChI=1S/C16H14FNO3/c1-11-3-2-4-15(19)18(11)10-12-5-7-14(17)13(9-12)6-8-16(20)21/h2-9H,10H2,1H3,(H,20,21). The van der Waals surface area contributed by atoms with Gasteiger partial charge in [0.05, 0.1) is 6.54 Å². The molecule has 0 atom stereocenters. The van der Waals surface area contributed by atoms with Crippen molar-refractivity contribution in [2.75, 3.05) is 0 Å². The van der Waals surface area contributed by atoms with Crippen LogP contribution in [-0.4, -0.2) is 15.6 Å². The van der Waals surface area contributed by atoms with E-state index >= 15 is 0 Å². The molecule has 0 aliphatic carbocycles. The molecule has 1 heterocycles. The van der Waals surface area contributed by atoms with E-state index in [9.17, 15) is 14.0 Å². The zero-order valence-electron chi connectivity index (χ0n) is 11.4. The van der Waals surface area contributed by atoms with Crippen LogP contribution in [0.5, 0.6) is 0 Å². The minimum absolute atomic E-state index is 0.137. The number of hydrogen-bond donors (Lipinski definition) is 1. The smallest absolute Gasteiger partial charge is 0.328 e. The van der Waals surface area contributed by atoms with Gasteiger partial charge in [0.25, 0.3) is 5.56 Å². The molecule has 0 saturated heterocycles. The van der Waals surface area contributed by atoms with E-state index in [2.05, 4.69) is 0 Å². The van der Waals surface area contributed by atoms with E-state index in [1.807, 2.05) is 13.0 Å². The van der Waals surface area contributed by atoms with Crippen LogP contribution in [0, 0.1) is 12.7 Å². The molecule has 1 aromatic carbocycles. The minimum Gasteiger partial charge on any atom is -0.478 e. The van der Waals surface area contributed by atoms with Crippen molar-refractivity contribution >= 4 is 12.0 Å². The first-order chi connectivity index (χ1) is 9.97. The maximum Gasteiger partial charge on any atom is 0.328 e. The average Bonchev–Trinajstić information content (AvgIpc) is 2.43. The van der Waals surface area contributed by atoms with Gasteiger partial charge in [-0.1, -0.05) is 12.1 Å². The predicted molar refractivity (Wildman–Crippen MR) is 77.6 cm³/mol. The van der Waals surface area contributed by atoms with Gasteiger partial charge in [-0.2, -0.15) is 0 Å². The Hall–Kier alpha value is -2.69. The number of pyridine rings is 1. The monoisotopic (exact) mass is 287 g/mol. The molecule has 2 aromatic rings. The summed E-state index contributed by atoms with van der Waals surface area (Å²) in [5, 5.41) is 8.59. The molecule has 0 amide bonds. The molecule has 0 radical (unpaired) electrons. The molecular weight excluding hydrogens is 273 g/mol. The van der Waals surface area contributed by atoms with E-state index in [-0.39, 0.29) is 11.1 Å². The van der Waals surface area contributed by atoms with E-state index in [0.29, 0.717) is 6.54 Å². The number of carboxylic acid groups (broad SMARTS) is 1. The van der Waals surface area contributed by atoms with E-state index in [1.165, 1.54) is 24.3 Å². The molecule has 0 unspecified atom stereocenters. The lowest BCUT2D eigenvalue weighted by atomic mass is 10.1. The highest BCUT2D eigenvalue weighted by Crippen LogP contribution is 2.13. The molecule has 108 valence electrons. The fourth-order valence-electron chi connectivity index (χ4n) is 1.99. The third-order valence-corrected chi connectivity index (χ3v) is 3.07. The van der Waals surface area contributed by atoms with E-state index in [1.54, 1.807) is 16.7 Å². The van der Waals surface area contributed by atoms with Gasteiger partial charge in [-0.15, -0.1) is 0 Å². The van der Waals surface area contributed by atoms with Gasteiger partial charge in [-0.25, -0.2) is 9.18 Å². The second-order valence-electron chi connectivity index (χ2n) is 4.62. The third-order valence-electron chi connectivity index (χ3n) is 3.07. The highest BCUT2D eigenvalue weighted by atomic mass is 19.1. The predicted octanol–water partition coefficient (Wildman–Crippen LogP) is 2.44. The first-order valence-electron chi connectivity index (χ1n) is 6.33. The Morgan fingerprint density at radius 2 is 2.10 bits per heavy atom. The molecular formula is C16H14FNO3. The van der Waals surface area contributed by atoms with Crippen LogP contribution in [-0.2, 0) is 11.3 Å². The van der Waals surface area contributed by atoms with E-state index in [0.717, 1.165) is 17.3 Å². The molecule has 0 saturated carbocycles. The van der Waals surface area contributed by atoms with Gasteiger partial charge in [0, 0.05) is 23.4 Å². The Balaban J connectivity index is 2.36. The molecule has 1 aromatic heterocycles. The summed E-state index contributed by atoms with van der Waals surface area (Å²) in [4.78, 5) is 22.3. The maximum absolute atomic E-state index is 13.6. The molecule has 2 rings (SSSR count). The lowest BCUT2D eigenvalue weighted by molar-refractivity contribution is -0.131. The van der Waals surface area contributed by atoms with Gasteiger partial charge in [-0.05, 0) is 36.8 Å². The van der Waals surface area contributed by atoms with Gasteiger partial charge >= 0.3 is 5.97 Å². The Kier molecular flexibility index (Phi) is 4.33. The number of halogens is 1. The summed E-state index contributed by atoms with van der Waals surface area (Å²) in [6.45, 7) is 2.12. The van der Waals surface area contributed by atoms with E-state index in [4.69, 9.17) is 5.11 Å². The number of benzene rings is 1. The molecule has 0 fully saturated rings. The molecule has 0 aliphatic heterocycles. The normalized spacial score (nSPS) is 11.0. The van der Waals surface area contributed by atoms with Gasteiger partial charge in [0.2, 0.25) is 0 Å². The number of hydrogen-bond acceptors (Lipinski definition) is 2. The van der Waals surface area contributed by atoms with Crippen LogP contribution < -0.4 is 5.56 Å². The summed E-state index contributed by atoms with van der Waals surface area (Å²) < 4.78 is 15.2. The van der Waals surface area contributed by atoms with Crippen molar-refractivity contribution in [3.05, 3.63) is 75.5 Å². The van der Waals surface area contributed by atoms with Crippen molar-refractivity contribution in [3.63, 3.8) is 0 Å². The van der Waals surface area contributed by atoms with Gasteiger partial charge < -0.3 is 9.67 Å². The summed E-state index contributed by atoms with van der Waals surface area (Å²) in [5.74, 6) is -1.65. The topological polar surface area (TPSA) is 59.3 Å². The Bertz CT molecular complexity index is 762. The summed E-state index contributed by atoms with van der Waals surface area (Å²) in [7, 11) is 0. The van der Waals surface area contributed by atoms with Crippen LogP contribution >= 0.6 is 0 Å². The quantitative estimate of drug-likeness (QED) is 0.879. The Morgan fingerprint density at radius 1 is 1.33 bits per heavy atom. The van der Waals surface area contributed by atoms with Crippen LogP contribution in [0.2, 0.25) is 0 Å². The third kappa shape index (κ3) is 3.66. The van der Waals surface area contributed by atoms with Crippen LogP contribution in [0.1, 0.15) is 16.8 Å². The highest BCUT2D eigenvalue weighted by Gasteiger charge is 2.05. The lowest BCUT2D eigenvalue weighted by Crippen LogP contribution is -2.21. The molecule has 0 bridgehead atoms. The number of aliphatic carboxylic acids is 1. The van der Waals surface area contributed by atoms with Gasteiger partial charge in [0.1, 0.15) is 5.82 Å². The van der Waals surface area contributed by atoms with Crippen molar-refractivity contribution in [1.29, 1.82) is 0 Å². The summed E-state index contributed by atoms with van der Waals surface area (Å²) in [6, 6.07) is 9.33. The van der Waals surface area contributed by atoms with Gasteiger partial charge in [0.15, 0.2) is 0 Å². The van der Waals surface area contributed by atoms with Crippen molar-refractivity contribution in [3.8, 4) is 0 Å². The number of aryl methyl sites for hydroxylation is 1. The first-order valence-corrected chi connectivity index (χ1v) is 6.33. The highest BCUT2D eigenvalue weighted by molar-refractivity contribution is 5.85. The average molecular weight is 287 g/mol. The maximum atomic E-state index is 13.6. The van der Waals surface area contributed by atoms with Gasteiger partial charge in [-0.3, -0.25) is 4.79 Å². The van der Waals surface area contributed by atoms with Crippen molar-refractivity contribution in [2.45, 2.75) is 13.5 Å².